The summed E-state index contributed by atoms with van der Waals surface area (Å²) in [6, 6.07) is 22.1. The van der Waals surface area contributed by atoms with Gasteiger partial charge in [-0.05, 0) is 79.9 Å². The number of amides is 2. The van der Waals surface area contributed by atoms with E-state index in [0.29, 0.717) is 30.2 Å². The number of nitrogens with zero attached hydrogens (tertiary/aromatic N) is 1. The van der Waals surface area contributed by atoms with Crippen molar-refractivity contribution in [1.29, 1.82) is 0 Å². The van der Waals surface area contributed by atoms with Crippen LogP contribution in [0, 0.1) is 0 Å². The van der Waals surface area contributed by atoms with E-state index in [4.69, 9.17) is 9.47 Å². The molecule has 6 heteroatoms. The van der Waals surface area contributed by atoms with Crippen LogP contribution in [-0.2, 0) is 11.2 Å². The minimum atomic E-state index is -0.244. The number of hydrogen-bond donors (Lipinski definition) is 1. The monoisotopic (exact) mass is 430 g/mol. The average molecular weight is 431 g/mol. The van der Waals surface area contributed by atoms with Crippen molar-refractivity contribution in [2.45, 2.75) is 19.8 Å². The SMILES string of the molecule is CCOc1ccc(OCC(=O)Nc2ccc3c(c2)CCCN3C(=O)c2ccccc2)cc1. The summed E-state index contributed by atoms with van der Waals surface area (Å²) in [6.07, 6.45) is 1.74. The number of carbonyl (C=O) groups is 2. The lowest BCUT2D eigenvalue weighted by Crippen LogP contribution is -2.35. The number of benzene rings is 3. The molecule has 3 aromatic carbocycles. The van der Waals surface area contributed by atoms with Crippen molar-refractivity contribution in [3.8, 4) is 11.5 Å². The van der Waals surface area contributed by atoms with E-state index < -0.39 is 0 Å². The first-order valence-electron chi connectivity index (χ1n) is 10.8. The van der Waals surface area contributed by atoms with Crippen molar-refractivity contribution >= 4 is 23.2 Å². The highest BCUT2D eigenvalue weighted by Gasteiger charge is 2.23. The normalized spacial score (nSPS) is 12.6. The second-order valence-corrected chi connectivity index (χ2v) is 7.51. The van der Waals surface area contributed by atoms with Crippen LogP contribution in [0.25, 0.3) is 0 Å². The second-order valence-electron chi connectivity index (χ2n) is 7.51. The van der Waals surface area contributed by atoms with Crippen LogP contribution in [-0.4, -0.2) is 31.6 Å². The fraction of sp³-hybridized carbons (Fsp3) is 0.231. The second kappa shape index (κ2) is 10.0. The van der Waals surface area contributed by atoms with Crippen molar-refractivity contribution in [2.75, 3.05) is 30.0 Å². The summed E-state index contributed by atoms with van der Waals surface area (Å²) in [4.78, 5) is 27.1. The molecule has 0 fully saturated rings. The van der Waals surface area contributed by atoms with Gasteiger partial charge in [0.05, 0.1) is 6.61 Å². The van der Waals surface area contributed by atoms with Crippen LogP contribution in [0.2, 0.25) is 0 Å². The molecular weight excluding hydrogens is 404 g/mol. The molecule has 164 valence electrons. The molecule has 32 heavy (non-hydrogen) atoms. The van der Waals surface area contributed by atoms with Gasteiger partial charge in [-0.3, -0.25) is 9.59 Å². The van der Waals surface area contributed by atoms with Crippen LogP contribution in [0.15, 0.2) is 72.8 Å². The first-order valence-corrected chi connectivity index (χ1v) is 10.8. The third-order valence-electron chi connectivity index (χ3n) is 5.25. The number of hydrogen-bond acceptors (Lipinski definition) is 4. The van der Waals surface area contributed by atoms with Crippen LogP contribution < -0.4 is 19.7 Å². The summed E-state index contributed by atoms with van der Waals surface area (Å²) >= 11 is 0. The Balaban J connectivity index is 1.38. The van der Waals surface area contributed by atoms with Crippen molar-refractivity contribution in [1.82, 2.24) is 0 Å². The quantitative estimate of drug-likeness (QED) is 0.590. The summed E-state index contributed by atoms with van der Waals surface area (Å²) < 4.78 is 11.0. The van der Waals surface area contributed by atoms with Gasteiger partial charge < -0.3 is 19.7 Å². The maximum absolute atomic E-state index is 12.9. The number of ether oxygens (including phenoxy) is 2. The molecule has 1 heterocycles. The molecule has 2 amide bonds. The Morgan fingerprint density at radius 3 is 2.38 bits per heavy atom. The molecule has 0 aromatic heterocycles. The van der Waals surface area contributed by atoms with E-state index in [1.54, 1.807) is 12.1 Å². The molecule has 0 aliphatic carbocycles. The molecule has 4 rings (SSSR count). The Kier molecular flexibility index (Phi) is 6.70. The fourth-order valence-electron chi connectivity index (χ4n) is 3.77. The largest absolute Gasteiger partial charge is 0.494 e. The summed E-state index contributed by atoms with van der Waals surface area (Å²) in [7, 11) is 0. The summed E-state index contributed by atoms with van der Waals surface area (Å²) in [5, 5.41) is 2.88. The average Bonchev–Trinajstić information content (AvgIpc) is 2.83. The highest BCUT2D eigenvalue weighted by Crippen LogP contribution is 2.31. The number of anilines is 2. The van der Waals surface area contributed by atoms with Crippen molar-refractivity contribution in [2.24, 2.45) is 0 Å². The van der Waals surface area contributed by atoms with Crippen LogP contribution in [0.5, 0.6) is 11.5 Å². The van der Waals surface area contributed by atoms with Gasteiger partial charge in [0.15, 0.2) is 6.61 Å². The molecule has 0 spiro atoms. The topological polar surface area (TPSA) is 67.9 Å². The smallest absolute Gasteiger partial charge is 0.262 e. The minimum Gasteiger partial charge on any atom is -0.494 e. The fourth-order valence-corrected chi connectivity index (χ4v) is 3.77. The molecule has 0 radical (unpaired) electrons. The van der Waals surface area contributed by atoms with Crippen molar-refractivity contribution < 1.29 is 19.1 Å². The Labute approximate surface area is 187 Å². The van der Waals surface area contributed by atoms with E-state index in [0.717, 1.165) is 29.8 Å². The van der Waals surface area contributed by atoms with Gasteiger partial charge in [-0.25, -0.2) is 0 Å². The molecule has 1 N–H and O–H groups in total. The Bertz CT molecular complexity index is 1080. The van der Waals surface area contributed by atoms with Crippen LogP contribution >= 0.6 is 0 Å². The summed E-state index contributed by atoms with van der Waals surface area (Å²) in [5.41, 5.74) is 3.31. The van der Waals surface area contributed by atoms with E-state index in [1.165, 1.54) is 0 Å². The highest BCUT2D eigenvalue weighted by atomic mass is 16.5. The summed E-state index contributed by atoms with van der Waals surface area (Å²) in [5.74, 6) is 1.11. The molecule has 6 nitrogen and oxygen atoms in total. The zero-order valence-electron chi connectivity index (χ0n) is 18.0. The lowest BCUT2D eigenvalue weighted by atomic mass is 10.00. The zero-order valence-corrected chi connectivity index (χ0v) is 18.0. The molecule has 1 aliphatic rings. The molecule has 0 unspecified atom stereocenters. The Morgan fingerprint density at radius 2 is 1.66 bits per heavy atom. The molecule has 3 aromatic rings. The number of carbonyl (C=O) groups excluding carboxylic acids is 2. The lowest BCUT2D eigenvalue weighted by Gasteiger charge is -2.30. The standard InChI is InChI=1S/C26H26N2O4/c1-2-31-22-11-13-23(14-12-22)32-18-25(29)27-21-10-15-24-20(17-21)9-6-16-28(24)26(30)19-7-4-3-5-8-19/h3-5,7-8,10-15,17H,2,6,9,16,18H2,1H3,(H,27,29). The molecule has 0 saturated heterocycles. The van der Waals surface area contributed by atoms with E-state index >= 15 is 0 Å². The van der Waals surface area contributed by atoms with Gasteiger partial charge >= 0.3 is 0 Å². The predicted octanol–water partition coefficient (Wildman–Crippen LogP) is 4.70. The van der Waals surface area contributed by atoms with E-state index in [1.807, 2.05) is 72.5 Å². The van der Waals surface area contributed by atoms with Gasteiger partial charge in [0.1, 0.15) is 11.5 Å². The van der Waals surface area contributed by atoms with Crippen LogP contribution in [0.3, 0.4) is 0 Å². The van der Waals surface area contributed by atoms with Gasteiger partial charge in [0, 0.05) is 23.5 Å². The van der Waals surface area contributed by atoms with Crippen molar-refractivity contribution in [3.05, 3.63) is 83.9 Å². The third-order valence-corrected chi connectivity index (χ3v) is 5.25. The predicted molar refractivity (Wildman–Crippen MR) is 125 cm³/mol. The van der Waals surface area contributed by atoms with Gasteiger partial charge in [0.25, 0.3) is 11.8 Å². The van der Waals surface area contributed by atoms with Gasteiger partial charge in [0.2, 0.25) is 0 Å². The van der Waals surface area contributed by atoms with Gasteiger partial charge in [-0.1, -0.05) is 18.2 Å². The number of aryl methyl sites for hydroxylation is 1. The molecule has 1 aliphatic heterocycles. The minimum absolute atomic E-state index is 0.00732. The van der Waals surface area contributed by atoms with Gasteiger partial charge in [-0.2, -0.15) is 0 Å². The van der Waals surface area contributed by atoms with Gasteiger partial charge in [-0.15, -0.1) is 0 Å². The first-order chi connectivity index (χ1) is 15.6. The zero-order chi connectivity index (χ0) is 22.3. The Hall–Kier alpha value is -3.80. The number of fused-ring (bicyclic) bond motifs is 1. The van der Waals surface area contributed by atoms with E-state index in [2.05, 4.69) is 5.32 Å². The maximum Gasteiger partial charge on any atom is 0.262 e. The maximum atomic E-state index is 12.9. The highest BCUT2D eigenvalue weighted by molar-refractivity contribution is 6.07. The number of nitrogens with one attached hydrogen (secondary N) is 1. The summed E-state index contributed by atoms with van der Waals surface area (Å²) in [6.45, 7) is 3.11. The first kappa shape index (κ1) is 21.4. The van der Waals surface area contributed by atoms with E-state index in [9.17, 15) is 9.59 Å². The molecule has 0 bridgehead atoms. The lowest BCUT2D eigenvalue weighted by molar-refractivity contribution is -0.118. The Morgan fingerprint density at radius 1 is 0.938 bits per heavy atom. The molecule has 0 atom stereocenters. The van der Waals surface area contributed by atoms with Crippen LogP contribution in [0.4, 0.5) is 11.4 Å². The van der Waals surface area contributed by atoms with Crippen LogP contribution in [0.1, 0.15) is 29.3 Å². The van der Waals surface area contributed by atoms with E-state index in [-0.39, 0.29) is 18.4 Å². The third kappa shape index (κ3) is 5.09. The number of rotatable bonds is 7. The van der Waals surface area contributed by atoms with Crippen molar-refractivity contribution in [3.63, 3.8) is 0 Å². The molecular formula is C26H26N2O4. The molecule has 0 saturated carbocycles.